The van der Waals surface area contributed by atoms with E-state index in [0.717, 1.165) is 11.3 Å². The van der Waals surface area contributed by atoms with Crippen LogP contribution in [-0.4, -0.2) is 38.7 Å². The van der Waals surface area contributed by atoms with E-state index >= 15 is 0 Å². The van der Waals surface area contributed by atoms with Crippen molar-refractivity contribution >= 4 is 39.8 Å². The summed E-state index contributed by atoms with van der Waals surface area (Å²) in [4.78, 5) is 8.67. The van der Waals surface area contributed by atoms with Crippen LogP contribution in [0.2, 0.25) is 0 Å². The standard InChI is InChI=1S/C20H28N4O2S.HI/c1-20(2,3)16-8-10-18(11-9-16)27(25,26)14-13-23-19(21-4)24-15-17-7-5-6-12-22-17;/h5-12H,13-15H2,1-4H3,(H2,21,23,24);1H. The Bertz CT molecular complexity index is 861. The van der Waals surface area contributed by atoms with Gasteiger partial charge in [0, 0.05) is 19.8 Å². The van der Waals surface area contributed by atoms with Crippen LogP contribution in [0.15, 0.2) is 58.5 Å². The van der Waals surface area contributed by atoms with Gasteiger partial charge in [-0.25, -0.2) is 8.42 Å². The number of aromatic nitrogens is 1. The molecule has 1 aromatic heterocycles. The molecule has 2 N–H and O–H groups in total. The lowest BCUT2D eigenvalue weighted by Gasteiger charge is -2.19. The number of nitrogens with one attached hydrogen (secondary N) is 2. The fourth-order valence-electron chi connectivity index (χ4n) is 2.48. The highest BCUT2D eigenvalue weighted by Gasteiger charge is 2.17. The number of hydrogen-bond donors (Lipinski definition) is 2. The minimum absolute atomic E-state index is 0. The molecule has 0 aliphatic rings. The number of rotatable bonds is 6. The maximum absolute atomic E-state index is 12.5. The van der Waals surface area contributed by atoms with Crippen LogP contribution in [0.5, 0.6) is 0 Å². The SMILES string of the molecule is CN=C(NCCS(=O)(=O)c1ccc(C(C)(C)C)cc1)NCc1ccccn1.I. The first kappa shape index (κ1) is 24.4. The Morgan fingerprint density at radius 2 is 1.75 bits per heavy atom. The molecule has 6 nitrogen and oxygen atoms in total. The van der Waals surface area contributed by atoms with E-state index in [9.17, 15) is 8.42 Å². The molecule has 0 aliphatic carbocycles. The second kappa shape index (κ2) is 10.8. The van der Waals surface area contributed by atoms with E-state index < -0.39 is 9.84 Å². The summed E-state index contributed by atoms with van der Waals surface area (Å²) in [5, 5.41) is 6.15. The Labute approximate surface area is 185 Å². The van der Waals surface area contributed by atoms with Gasteiger partial charge in [0.1, 0.15) is 0 Å². The Hall–Kier alpha value is -1.68. The van der Waals surface area contributed by atoms with Crippen LogP contribution in [0.3, 0.4) is 0 Å². The van der Waals surface area contributed by atoms with Crippen molar-refractivity contribution in [1.29, 1.82) is 0 Å². The normalized spacial score (nSPS) is 12.2. The largest absolute Gasteiger partial charge is 0.355 e. The lowest BCUT2D eigenvalue weighted by Crippen LogP contribution is -2.39. The zero-order valence-electron chi connectivity index (χ0n) is 16.8. The fraction of sp³-hybridized carbons (Fsp3) is 0.400. The van der Waals surface area contributed by atoms with Gasteiger partial charge in [0.2, 0.25) is 0 Å². The van der Waals surface area contributed by atoms with Crippen molar-refractivity contribution in [3.05, 3.63) is 59.9 Å². The van der Waals surface area contributed by atoms with E-state index in [0.29, 0.717) is 17.4 Å². The van der Waals surface area contributed by atoms with Crippen LogP contribution in [0.1, 0.15) is 32.0 Å². The van der Waals surface area contributed by atoms with Gasteiger partial charge in [0.05, 0.1) is 22.9 Å². The van der Waals surface area contributed by atoms with Crippen molar-refractivity contribution in [1.82, 2.24) is 15.6 Å². The minimum Gasteiger partial charge on any atom is -0.355 e. The predicted molar refractivity (Wildman–Crippen MR) is 125 cm³/mol. The number of nitrogens with zero attached hydrogens (tertiary/aromatic N) is 2. The second-order valence-electron chi connectivity index (χ2n) is 7.27. The van der Waals surface area contributed by atoms with E-state index in [1.165, 1.54) is 0 Å². The van der Waals surface area contributed by atoms with E-state index in [-0.39, 0.29) is 41.7 Å². The smallest absolute Gasteiger partial charge is 0.191 e. The summed E-state index contributed by atoms with van der Waals surface area (Å²) < 4.78 is 25.1. The molecular formula is C20H29IN4O2S. The molecule has 2 rings (SSSR count). The third-order valence-electron chi connectivity index (χ3n) is 4.13. The molecule has 0 spiro atoms. The highest BCUT2D eigenvalue weighted by Crippen LogP contribution is 2.23. The molecule has 28 heavy (non-hydrogen) atoms. The molecule has 0 fully saturated rings. The summed E-state index contributed by atoms with van der Waals surface area (Å²) in [6.45, 7) is 7.09. The van der Waals surface area contributed by atoms with Crippen molar-refractivity contribution < 1.29 is 8.42 Å². The van der Waals surface area contributed by atoms with Crippen molar-refractivity contribution in [3.8, 4) is 0 Å². The minimum atomic E-state index is -3.35. The summed E-state index contributed by atoms with van der Waals surface area (Å²) >= 11 is 0. The second-order valence-corrected chi connectivity index (χ2v) is 9.38. The molecule has 0 atom stereocenters. The Balaban J connectivity index is 0.00000392. The quantitative estimate of drug-likeness (QED) is 0.350. The van der Waals surface area contributed by atoms with Crippen LogP contribution in [0, 0.1) is 0 Å². The molecule has 0 saturated carbocycles. The summed E-state index contributed by atoms with van der Waals surface area (Å²) in [6, 6.07) is 12.8. The fourth-order valence-corrected chi connectivity index (χ4v) is 3.64. The van der Waals surface area contributed by atoms with E-state index in [2.05, 4.69) is 41.4 Å². The van der Waals surface area contributed by atoms with Crippen LogP contribution in [-0.2, 0) is 21.8 Å². The molecule has 0 amide bonds. The highest BCUT2D eigenvalue weighted by atomic mass is 127. The molecule has 0 unspecified atom stereocenters. The molecule has 0 saturated heterocycles. The number of benzene rings is 1. The summed E-state index contributed by atoms with van der Waals surface area (Å²) in [5.74, 6) is 0.533. The first-order valence-electron chi connectivity index (χ1n) is 8.90. The van der Waals surface area contributed by atoms with Crippen molar-refractivity contribution in [2.45, 2.75) is 37.6 Å². The third kappa shape index (κ3) is 7.38. The Morgan fingerprint density at radius 3 is 2.29 bits per heavy atom. The average molecular weight is 516 g/mol. The number of hydrogen-bond acceptors (Lipinski definition) is 4. The van der Waals surface area contributed by atoms with Gasteiger partial charge in [0.15, 0.2) is 15.8 Å². The molecule has 0 aliphatic heterocycles. The van der Waals surface area contributed by atoms with Gasteiger partial charge in [-0.3, -0.25) is 9.98 Å². The van der Waals surface area contributed by atoms with E-state index in [1.54, 1.807) is 25.4 Å². The van der Waals surface area contributed by atoms with Crippen LogP contribution < -0.4 is 10.6 Å². The average Bonchev–Trinajstić information content (AvgIpc) is 2.64. The predicted octanol–water partition coefficient (Wildman–Crippen LogP) is 3.14. The van der Waals surface area contributed by atoms with Crippen molar-refractivity contribution in [2.24, 2.45) is 4.99 Å². The zero-order valence-corrected chi connectivity index (χ0v) is 19.9. The zero-order chi connectivity index (χ0) is 19.9. The molecule has 1 heterocycles. The number of pyridine rings is 1. The van der Waals surface area contributed by atoms with Gasteiger partial charge in [-0.2, -0.15) is 0 Å². The first-order chi connectivity index (χ1) is 12.7. The number of halogens is 1. The maximum atomic E-state index is 12.5. The van der Waals surface area contributed by atoms with Crippen molar-refractivity contribution in [2.75, 3.05) is 19.3 Å². The number of guanidine groups is 1. The van der Waals surface area contributed by atoms with Crippen LogP contribution >= 0.6 is 24.0 Å². The number of sulfone groups is 1. The van der Waals surface area contributed by atoms with Gasteiger partial charge in [-0.1, -0.05) is 39.0 Å². The van der Waals surface area contributed by atoms with Gasteiger partial charge < -0.3 is 10.6 Å². The molecule has 0 radical (unpaired) electrons. The van der Waals surface area contributed by atoms with Crippen LogP contribution in [0.4, 0.5) is 0 Å². The summed E-state index contributed by atoms with van der Waals surface area (Å²) in [5.41, 5.74) is 1.99. The first-order valence-corrected chi connectivity index (χ1v) is 10.6. The topological polar surface area (TPSA) is 83.5 Å². The van der Waals surface area contributed by atoms with Gasteiger partial charge in [-0.05, 0) is 35.2 Å². The Morgan fingerprint density at radius 1 is 1.07 bits per heavy atom. The molecule has 2 aromatic rings. The monoisotopic (exact) mass is 516 g/mol. The maximum Gasteiger partial charge on any atom is 0.191 e. The van der Waals surface area contributed by atoms with Crippen molar-refractivity contribution in [3.63, 3.8) is 0 Å². The lowest BCUT2D eigenvalue weighted by atomic mass is 9.87. The lowest BCUT2D eigenvalue weighted by molar-refractivity contribution is 0.586. The third-order valence-corrected chi connectivity index (χ3v) is 5.86. The van der Waals surface area contributed by atoms with Gasteiger partial charge >= 0.3 is 0 Å². The van der Waals surface area contributed by atoms with Gasteiger partial charge in [0.25, 0.3) is 0 Å². The van der Waals surface area contributed by atoms with E-state index in [1.807, 2.05) is 30.3 Å². The van der Waals surface area contributed by atoms with Gasteiger partial charge in [-0.15, -0.1) is 24.0 Å². The summed E-state index contributed by atoms with van der Waals surface area (Å²) in [7, 11) is -1.70. The molecule has 1 aromatic carbocycles. The Kier molecular flexibility index (Phi) is 9.35. The van der Waals surface area contributed by atoms with Crippen LogP contribution in [0.25, 0.3) is 0 Å². The summed E-state index contributed by atoms with van der Waals surface area (Å²) in [6.07, 6.45) is 1.73. The molecular weight excluding hydrogens is 487 g/mol. The van der Waals surface area contributed by atoms with E-state index in [4.69, 9.17) is 0 Å². The molecule has 0 bridgehead atoms. The molecule has 8 heteroatoms. The molecule has 154 valence electrons. The number of aliphatic imine (C=N–C) groups is 1. The highest BCUT2D eigenvalue weighted by molar-refractivity contribution is 14.0.